The van der Waals surface area contributed by atoms with Crippen molar-refractivity contribution >= 4 is 16.7 Å². The molecule has 2 aromatic carbocycles. The quantitative estimate of drug-likeness (QED) is 0.814. The van der Waals surface area contributed by atoms with Gasteiger partial charge < -0.3 is 4.90 Å². The molecule has 120 valence electrons. The zero-order valence-corrected chi connectivity index (χ0v) is 13.7. The molecule has 2 heteroatoms. The third-order valence-corrected chi connectivity index (χ3v) is 5.66. The molecular weight excluding hydrogens is 282 g/mol. The van der Waals surface area contributed by atoms with Crippen LogP contribution >= 0.6 is 0 Å². The molecule has 2 aromatic rings. The molecule has 1 atom stereocenters. The number of carbonyl (C=O) groups is 1. The predicted molar refractivity (Wildman–Crippen MR) is 94.3 cm³/mol. The molecule has 1 saturated heterocycles. The predicted octanol–water partition coefficient (Wildman–Crippen LogP) is 4.56. The van der Waals surface area contributed by atoms with E-state index in [2.05, 4.69) is 47.4 Å². The molecule has 1 aliphatic carbocycles. The molecule has 1 saturated carbocycles. The largest absolute Gasteiger partial charge is 0.339 e. The number of benzene rings is 2. The molecule has 1 aliphatic heterocycles. The summed E-state index contributed by atoms with van der Waals surface area (Å²) in [5, 5.41) is 2.55. The zero-order chi connectivity index (χ0) is 15.6. The van der Waals surface area contributed by atoms with Crippen LogP contribution in [0.2, 0.25) is 0 Å². The Morgan fingerprint density at radius 1 is 0.913 bits per heavy atom. The number of likely N-dealkylation sites (tertiary alicyclic amines) is 1. The lowest BCUT2D eigenvalue weighted by molar-refractivity contribution is -0.133. The highest BCUT2D eigenvalue weighted by Crippen LogP contribution is 2.30. The van der Waals surface area contributed by atoms with Crippen molar-refractivity contribution in [1.82, 2.24) is 4.90 Å². The van der Waals surface area contributed by atoms with Gasteiger partial charge in [-0.1, -0.05) is 61.7 Å². The van der Waals surface area contributed by atoms with E-state index in [0.29, 0.717) is 11.9 Å². The van der Waals surface area contributed by atoms with Crippen LogP contribution in [0.15, 0.2) is 42.5 Å². The molecule has 23 heavy (non-hydrogen) atoms. The fourth-order valence-electron chi connectivity index (χ4n) is 4.36. The zero-order valence-electron chi connectivity index (χ0n) is 13.7. The molecular formula is C21H25NO. The first-order valence-electron chi connectivity index (χ1n) is 9.09. The Hall–Kier alpha value is -1.83. The molecule has 2 fully saturated rings. The maximum Gasteiger partial charge on any atom is 0.226 e. The van der Waals surface area contributed by atoms with Crippen LogP contribution in [-0.4, -0.2) is 23.4 Å². The minimum absolute atomic E-state index is 0.193. The smallest absolute Gasteiger partial charge is 0.226 e. The Balaban J connectivity index is 1.46. The summed E-state index contributed by atoms with van der Waals surface area (Å²) in [5.41, 5.74) is 1.30. The normalized spacial score (nSPS) is 22.9. The highest BCUT2D eigenvalue weighted by molar-refractivity contribution is 5.84. The molecule has 4 rings (SSSR count). The number of hydrogen-bond acceptors (Lipinski definition) is 1. The van der Waals surface area contributed by atoms with Gasteiger partial charge in [0.1, 0.15) is 0 Å². The molecule has 0 radical (unpaired) electrons. The topological polar surface area (TPSA) is 20.3 Å². The second kappa shape index (κ2) is 6.35. The number of amides is 1. The molecule has 1 unspecified atom stereocenters. The number of carbonyl (C=O) groups excluding carboxylic acids is 1. The van der Waals surface area contributed by atoms with Crippen molar-refractivity contribution in [1.29, 1.82) is 0 Å². The third kappa shape index (κ3) is 2.99. The summed E-state index contributed by atoms with van der Waals surface area (Å²) < 4.78 is 0. The Morgan fingerprint density at radius 3 is 2.52 bits per heavy atom. The molecule has 1 amide bonds. The summed E-state index contributed by atoms with van der Waals surface area (Å²) in [6.07, 6.45) is 8.30. The van der Waals surface area contributed by atoms with Gasteiger partial charge in [-0.25, -0.2) is 0 Å². The van der Waals surface area contributed by atoms with Gasteiger partial charge in [0, 0.05) is 18.5 Å². The number of rotatable bonds is 3. The first-order valence-corrected chi connectivity index (χ1v) is 9.09. The van der Waals surface area contributed by atoms with E-state index in [-0.39, 0.29) is 5.92 Å². The average molecular weight is 307 g/mol. The van der Waals surface area contributed by atoms with E-state index >= 15 is 0 Å². The van der Waals surface area contributed by atoms with Crippen LogP contribution < -0.4 is 0 Å². The first-order chi connectivity index (χ1) is 11.3. The van der Waals surface area contributed by atoms with Crippen LogP contribution in [0.4, 0.5) is 0 Å². The van der Waals surface area contributed by atoms with Crippen molar-refractivity contribution in [2.24, 2.45) is 5.92 Å². The number of fused-ring (bicyclic) bond motifs is 1. The van der Waals surface area contributed by atoms with Gasteiger partial charge in [0.05, 0.1) is 0 Å². The van der Waals surface area contributed by atoms with Gasteiger partial charge in [-0.15, -0.1) is 0 Å². The SMILES string of the molecule is O=C1C(Cc2ccc3ccccc3c2)CCN1C1CCCCC1. The van der Waals surface area contributed by atoms with E-state index < -0.39 is 0 Å². The Morgan fingerprint density at radius 2 is 1.70 bits per heavy atom. The van der Waals surface area contributed by atoms with Gasteiger partial charge in [0.15, 0.2) is 0 Å². The molecule has 0 bridgehead atoms. The number of nitrogens with zero attached hydrogens (tertiary/aromatic N) is 1. The van der Waals surface area contributed by atoms with Crippen molar-refractivity contribution in [2.75, 3.05) is 6.54 Å². The average Bonchev–Trinajstić information content (AvgIpc) is 2.96. The van der Waals surface area contributed by atoms with Gasteiger partial charge in [0.25, 0.3) is 0 Å². The van der Waals surface area contributed by atoms with E-state index in [1.54, 1.807) is 0 Å². The Bertz CT molecular complexity index is 702. The van der Waals surface area contributed by atoms with Crippen molar-refractivity contribution in [3.63, 3.8) is 0 Å². The fourth-order valence-corrected chi connectivity index (χ4v) is 4.36. The maximum absolute atomic E-state index is 12.8. The second-order valence-electron chi connectivity index (χ2n) is 7.19. The van der Waals surface area contributed by atoms with Crippen LogP contribution in [0.3, 0.4) is 0 Å². The van der Waals surface area contributed by atoms with E-state index in [9.17, 15) is 4.79 Å². The second-order valence-corrected chi connectivity index (χ2v) is 7.19. The molecule has 0 aromatic heterocycles. The molecule has 2 aliphatic rings. The number of hydrogen-bond donors (Lipinski definition) is 0. The van der Waals surface area contributed by atoms with Crippen LogP contribution in [0.5, 0.6) is 0 Å². The summed E-state index contributed by atoms with van der Waals surface area (Å²) in [7, 11) is 0. The summed E-state index contributed by atoms with van der Waals surface area (Å²) in [5.74, 6) is 0.600. The summed E-state index contributed by atoms with van der Waals surface area (Å²) in [4.78, 5) is 15.0. The molecule has 0 spiro atoms. The fraction of sp³-hybridized carbons (Fsp3) is 0.476. The van der Waals surface area contributed by atoms with Crippen LogP contribution in [0, 0.1) is 5.92 Å². The highest BCUT2D eigenvalue weighted by Gasteiger charge is 2.35. The van der Waals surface area contributed by atoms with Crippen molar-refractivity contribution < 1.29 is 4.79 Å². The Labute approximate surface area is 138 Å². The van der Waals surface area contributed by atoms with Gasteiger partial charge in [-0.3, -0.25) is 4.79 Å². The lowest BCUT2D eigenvalue weighted by atomic mass is 9.93. The van der Waals surface area contributed by atoms with Crippen LogP contribution in [0.25, 0.3) is 10.8 Å². The molecule has 2 nitrogen and oxygen atoms in total. The van der Waals surface area contributed by atoms with Crippen LogP contribution in [-0.2, 0) is 11.2 Å². The minimum atomic E-state index is 0.193. The van der Waals surface area contributed by atoms with Crippen molar-refractivity contribution in [3.8, 4) is 0 Å². The third-order valence-electron chi connectivity index (χ3n) is 5.66. The van der Waals surface area contributed by atoms with Gasteiger partial charge >= 0.3 is 0 Å². The van der Waals surface area contributed by atoms with E-state index in [1.807, 2.05) is 0 Å². The first kappa shape index (κ1) is 14.7. The van der Waals surface area contributed by atoms with Gasteiger partial charge in [-0.2, -0.15) is 0 Å². The van der Waals surface area contributed by atoms with E-state index in [1.165, 1.54) is 48.4 Å². The van der Waals surface area contributed by atoms with E-state index in [0.717, 1.165) is 19.4 Å². The van der Waals surface area contributed by atoms with Gasteiger partial charge in [0.2, 0.25) is 5.91 Å². The highest BCUT2D eigenvalue weighted by atomic mass is 16.2. The van der Waals surface area contributed by atoms with E-state index in [4.69, 9.17) is 0 Å². The summed E-state index contributed by atoms with van der Waals surface area (Å²) in [6.45, 7) is 0.974. The minimum Gasteiger partial charge on any atom is -0.339 e. The van der Waals surface area contributed by atoms with Gasteiger partial charge in [-0.05, 0) is 42.0 Å². The van der Waals surface area contributed by atoms with Crippen molar-refractivity contribution in [2.45, 2.75) is 51.0 Å². The Kier molecular flexibility index (Phi) is 4.07. The summed E-state index contributed by atoms with van der Waals surface area (Å²) >= 11 is 0. The lowest BCUT2D eigenvalue weighted by Crippen LogP contribution is -2.39. The molecule has 0 N–H and O–H groups in total. The molecule has 1 heterocycles. The van der Waals surface area contributed by atoms with Crippen LogP contribution in [0.1, 0.15) is 44.1 Å². The maximum atomic E-state index is 12.8. The monoisotopic (exact) mass is 307 g/mol. The lowest BCUT2D eigenvalue weighted by Gasteiger charge is -2.31. The standard InChI is InChI=1S/C21H25NO/c23-21-19(12-13-22(21)20-8-2-1-3-9-20)15-16-10-11-17-6-4-5-7-18(17)14-16/h4-7,10-11,14,19-20H,1-3,8-9,12-13,15H2. The summed E-state index contributed by atoms with van der Waals surface area (Å²) in [6, 6.07) is 15.6. The van der Waals surface area contributed by atoms with Crippen molar-refractivity contribution in [3.05, 3.63) is 48.0 Å².